The average molecular weight is 348 g/mol. The summed E-state index contributed by atoms with van der Waals surface area (Å²) in [5.74, 6) is 1.59. The molecule has 1 aliphatic heterocycles. The number of allylic oxidation sites excluding steroid dienone is 1. The zero-order chi connectivity index (χ0) is 17.6. The van der Waals surface area contributed by atoms with E-state index in [-0.39, 0.29) is 30.0 Å². The smallest absolute Gasteiger partial charge is 0.315 e. The molecule has 2 atom stereocenters. The van der Waals surface area contributed by atoms with Gasteiger partial charge in [0.25, 0.3) is 0 Å². The molecule has 1 aliphatic carbocycles. The Morgan fingerprint density at radius 3 is 2.72 bits per heavy atom. The van der Waals surface area contributed by atoms with Gasteiger partial charge < -0.3 is 19.9 Å². The second kappa shape index (κ2) is 8.47. The van der Waals surface area contributed by atoms with Crippen LogP contribution < -0.4 is 10.6 Å². The Morgan fingerprint density at radius 2 is 2.08 bits per heavy atom. The number of nitrogens with zero attached hydrogens (tertiary/aromatic N) is 2. The van der Waals surface area contributed by atoms with E-state index in [4.69, 9.17) is 9.26 Å². The first kappa shape index (κ1) is 17.9. The van der Waals surface area contributed by atoms with Crippen molar-refractivity contribution in [2.24, 2.45) is 5.92 Å². The highest BCUT2D eigenvalue weighted by Crippen LogP contribution is 2.30. The Balaban J connectivity index is 1.69. The van der Waals surface area contributed by atoms with Crippen LogP contribution in [0.25, 0.3) is 0 Å². The largest absolute Gasteiger partial charge is 0.381 e. The number of ether oxygens (including phenoxy) is 1. The third kappa shape index (κ3) is 4.81. The molecule has 2 heterocycles. The van der Waals surface area contributed by atoms with E-state index in [9.17, 15) is 4.79 Å². The third-order valence-corrected chi connectivity index (χ3v) is 4.83. The first-order valence-electron chi connectivity index (χ1n) is 9.28. The first-order valence-corrected chi connectivity index (χ1v) is 9.28. The lowest BCUT2D eigenvalue weighted by Gasteiger charge is -2.29. The Labute approximate surface area is 148 Å². The summed E-state index contributed by atoms with van der Waals surface area (Å²) in [6.07, 6.45) is 9.09. The number of carbonyl (C=O) groups excluding carboxylic acids is 1. The van der Waals surface area contributed by atoms with Gasteiger partial charge in [-0.15, -0.1) is 0 Å². The molecule has 1 aromatic rings. The van der Waals surface area contributed by atoms with Crippen molar-refractivity contribution in [1.29, 1.82) is 0 Å². The molecule has 138 valence electrons. The van der Waals surface area contributed by atoms with Crippen LogP contribution in [0, 0.1) is 5.92 Å². The normalized spacial score (nSPS) is 22.8. The minimum Gasteiger partial charge on any atom is -0.381 e. The molecular weight excluding hydrogens is 320 g/mol. The van der Waals surface area contributed by atoms with Gasteiger partial charge >= 0.3 is 6.03 Å². The number of amides is 2. The van der Waals surface area contributed by atoms with E-state index in [1.807, 2.05) is 13.8 Å². The number of hydrogen-bond donors (Lipinski definition) is 2. The molecule has 0 saturated carbocycles. The predicted octanol–water partition coefficient (Wildman–Crippen LogP) is 3.07. The van der Waals surface area contributed by atoms with Crippen molar-refractivity contribution in [3.8, 4) is 0 Å². The molecule has 2 aliphatic rings. The second-order valence-corrected chi connectivity index (χ2v) is 7.16. The van der Waals surface area contributed by atoms with Crippen molar-refractivity contribution >= 4 is 6.03 Å². The van der Waals surface area contributed by atoms with E-state index in [0.29, 0.717) is 24.9 Å². The summed E-state index contributed by atoms with van der Waals surface area (Å²) in [4.78, 5) is 17.0. The van der Waals surface area contributed by atoms with E-state index >= 15 is 0 Å². The lowest BCUT2D eigenvalue weighted by Crippen LogP contribution is -2.45. The Bertz CT molecular complexity index is 593. The quantitative estimate of drug-likeness (QED) is 0.798. The molecule has 0 spiro atoms. The minimum atomic E-state index is -0.281. The fourth-order valence-corrected chi connectivity index (χ4v) is 3.32. The molecule has 0 radical (unpaired) electrons. The highest BCUT2D eigenvalue weighted by molar-refractivity contribution is 5.75. The van der Waals surface area contributed by atoms with Crippen LogP contribution in [0.5, 0.6) is 0 Å². The zero-order valence-electron chi connectivity index (χ0n) is 15.0. The Morgan fingerprint density at radius 1 is 1.28 bits per heavy atom. The number of aromatic nitrogens is 2. The maximum atomic E-state index is 12.5. The van der Waals surface area contributed by atoms with Crippen LogP contribution in [0.4, 0.5) is 4.79 Å². The molecule has 2 amide bonds. The lowest BCUT2D eigenvalue weighted by molar-refractivity contribution is 0.0503. The van der Waals surface area contributed by atoms with E-state index < -0.39 is 0 Å². The first-order chi connectivity index (χ1) is 12.1. The van der Waals surface area contributed by atoms with Gasteiger partial charge in [0.15, 0.2) is 5.82 Å². The van der Waals surface area contributed by atoms with E-state index in [2.05, 4.69) is 32.9 Å². The van der Waals surface area contributed by atoms with Gasteiger partial charge in [-0.25, -0.2) is 4.79 Å². The van der Waals surface area contributed by atoms with Crippen molar-refractivity contribution in [3.05, 3.63) is 23.9 Å². The summed E-state index contributed by atoms with van der Waals surface area (Å²) in [5.41, 5.74) is 0. The van der Waals surface area contributed by atoms with E-state index in [1.165, 1.54) is 0 Å². The molecule has 25 heavy (non-hydrogen) atoms. The number of urea groups is 1. The van der Waals surface area contributed by atoms with Gasteiger partial charge in [0.2, 0.25) is 5.89 Å². The van der Waals surface area contributed by atoms with Crippen LogP contribution in [-0.2, 0) is 4.74 Å². The van der Waals surface area contributed by atoms with Crippen LogP contribution in [0.1, 0.15) is 69.6 Å². The van der Waals surface area contributed by atoms with Crippen LogP contribution in [0.3, 0.4) is 0 Å². The topological polar surface area (TPSA) is 89.3 Å². The molecule has 0 unspecified atom stereocenters. The van der Waals surface area contributed by atoms with Crippen LogP contribution in [0.15, 0.2) is 16.7 Å². The third-order valence-electron chi connectivity index (χ3n) is 4.83. The minimum absolute atomic E-state index is 0.0954. The standard InChI is InChI=1S/C18H28N4O3/c1-12(2)16-21-17(25-22-16)15(13-8-10-24-11-9-13)20-18(23)19-14-6-4-3-5-7-14/h4,6,12-15H,3,5,7-11H2,1-2H3,(H2,19,20,23)/t14-,15-/m1/s1. The van der Waals surface area contributed by atoms with Crippen molar-refractivity contribution < 1.29 is 14.1 Å². The SMILES string of the molecule is CC(C)c1noc([C@H](NC(=O)N[C@@H]2C=CCCC2)C2CCOCC2)n1. The zero-order valence-corrected chi connectivity index (χ0v) is 15.0. The molecule has 1 aromatic heterocycles. The van der Waals surface area contributed by atoms with E-state index in [0.717, 1.165) is 32.1 Å². The van der Waals surface area contributed by atoms with Crippen LogP contribution in [0.2, 0.25) is 0 Å². The highest BCUT2D eigenvalue weighted by atomic mass is 16.5. The predicted molar refractivity (Wildman–Crippen MR) is 93.1 cm³/mol. The van der Waals surface area contributed by atoms with E-state index in [1.54, 1.807) is 0 Å². The molecule has 7 nitrogen and oxygen atoms in total. The summed E-state index contributed by atoms with van der Waals surface area (Å²) in [6.45, 7) is 5.43. The molecule has 1 saturated heterocycles. The highest BCUT2D eigenvalue weighted by Gasteiger charge is 2.32. The molecule has 7 heteroatoms. The molecular formula is C18H28N4O3. The fraction of sp³-hybridized carbons (Fsp3) is 0.722. The Hall–Kier alpha value is -1.89. The van der Waals surface area contributed by atoms with Crippen LogP contribution in [-0.4, -0.2) is 35.4 Å². The fourth-order valence-electron chi connectivity index (χ4n) is 3.32. The summed E-state index contributed by atoms with van der Waals surface area (Å²) < 4.78 is 10.9. The maximum Gasteiger partial charge on any atom is 0.315 e. The average Bonchev–Trinajstić information content (AvgIpc) is 3.11. The number of carbonyl (C=O) groups is 1. The summed E-state index contributed by atoms with van der Waals surface area (Å²) in [6, 6.07) is -0.369. The second-order valence-electron chi connectivity index (χ2n) is 7.16. The van der Waals surface area contributed by atoms with Gasteiger partial charge in [0, 0.05) is 25.2 Å². The van der Waals surface area contributed by atoms with Gasteiger partial charge in [-0.05, 0) is 38.0 Å². The van der Waals surface area contributed by atoms with Gasteiger partial charge in [0.05, 0.1) is 0 Å². The molecule has 0 bridgehead atoms. The summed E-state index contributed by atoms with van der Waals surface area (Å²) >= 11 is 0. The number of nitrogens with one attached hydrogen (secondary N) is 2. The maximum absolute atomic E-state index is 12.5. The van der Waals surface area contributed by atoms with Gasteiger partial charge in [0.1, 0.15) is 6.04 Å². The van der Waals surface area contributed by atoms with Gasteiger partial charge in [-0.3, -0.25) is 0 Å². The molecule has 2 N–H and O–H groups in total. The van der Waals surface area contributed by atoms with Crippen molar-refractivity contribution in [2.75, 3.05) is 13.2 Å². The van der Waals surface area contributed by atoms with Crippen molar-refractivity contribution in [1.82, 2.24) is 20.8 Å². The molecule has 3 rings (SSSR count). The van der Waals surface area contributed by atoms with Crippen LogP contribution >= 0.6 is 0 Å². The lowest BCUT2D eigenvalue weighted by atomic mass is 9.91. The number of rotatable bonds is 5. The van der Waals surface area contributed by atoms with Crippen molar-refractivity contribution in [3.63, 3.8) is 0 Å². The Kier molecular flexibility index (Phi) is 6.07. The summed E-state index contributed by atoms with van der Waals surface area (Å²) in [7, 11) is 0. The van der Waals surface area contributed by atoms with Gasteiger partial charge in [-0.1, -0.05) is 31.2 Å². The van der Waals surface area contributed by atoms with Crippen molar-refractivity contribution in [2.45, 2.75) is 64.0 Å². The summed E-state index contributed by atoms with van der Waals surface area (Å²) in [5, 5.41) is 10.2. The molecule has 1 fully saturated rings. The molecule has 0 aromatic carbocycles. The van der Waals surface area contributed by atoms with Gasteiger partial charge in [-0.2, -0.15) is 4.98 Å². The number of hydrogen-bond acceptors (Lipinski definition) is 5. The monoisotopic (exact) mass is 348 g/mol.